The summed E-state index contributed by atoms with van der Waals surface area (Å²) >= 11 is 0. The van der Waals surface area contributed by atoms with E-state index >= 15 is 0 Å². The van der Waals surface area contributed by atoms with E-state index in [9.17, 15) is 0 Å². The molecule has 2 rings (SSSR count). The van der Waals surface area contributed by atoms with Crippen LogP contribution >= 0.6 is 0 Å². The fourth-order valence-corrected chi connectivity index (χ4v) is 1.45. The van der Waals surface area contributed by atoms with Crippen molar-refractivity contribution in [3.05, 3.63) is 17.5 Å². The van der Waals surface area contributed by atoms with Gasteiger partial charge in [0.15, 0.2) is 5.69 Å². The van der Waals surface area contributed by atoms with Crippen LogP contribution in [0, 0.1) is 11.3 Å². The van der Waals surface area contributed by atoms with Crippen LogP contribution in [0.2, 0.25) is 0 Å². The third-order valence-electron chi connectivity index (χ3n) is 2.10. The Morgan fingerprint density at radius 1 is 1.58 bits per heavy atom. The number of aromatic nitrogens is 2. The Hall–Kier alpha value is -1.34. The molecule has 0 N–H and O–H groups in total. The van der Waals surface area contributed by atoms with Gasteiger partial charge < -0.3 is 0 Å². The van der Waals surface area contributed by atoms with E-state index in [2.05, 4.69) is 17.0 Å². The fourth-order valence-electron chi connectivity index (χ4n) is 1.45. The van der Waals surface area contributed by atoms with E-state index < -0.39 is 0 Å². The zero-order valence-corrected chi connectivity index (χ0v) is 6.99. The molecule has 4 heteroatoms. The summed E-state index contributed by atoms with van der Waals surface area (Å²) in [6, 6.07) is 3.91. The lowest BCUT2D eigenvalue weighted by atomic mass is 10.3. The maximum Gasteiger partial charge on any atom is 0.162 e. The molecule has 2 heterocycles. The summed E-state index contributed by atoms with van der Waals surface area (Å²) in [6.07, 6.45) is 0. The van der Waals surface area contributed by atoms with Gasteiger partial charge in [-0.3, -0.25) is 9.58 Å². The first-order valence-electron chi connectivity index (χ1n) is 3.95. The summed E-state index contributed by atoms with van der Waals surface area (Å²) in [5.74, 6) is 0. The maximum atomic E-state index is 8.61. The molecule has 1 aliphatic rings. The van der Waals surface area contributed by atoms with Gasteiger partial charge in [-0.15, -0.1) is 0 Å². The second-order valence-corrected chi connectivity index (χ2v) is 3.09. The van der Waals surface area contributed by atoms with Crippen LogP contribution in [0.1, 0.15) is 11.4 Å². The van der Waals surface area contributed by atoms with Gasteiger partial charge in [-0.25, -0.2) is 0 Å². The van der Waals surface area contributed by atoms with Gasteiger partial charge in [0, 0.05) is 13.1 Å². The quantitative estimate of drug-likeness (QED) is 0.547. The highest BCUT2D eigenvalue weighted by Gasteiger charge is 2.14. The number of hydrogen-bond donors (Lipinski definition) is 0. The second kappa shape index (κ2) is 2.61. The number of likely N-dealkylation sites (N-methyl/N-ethyl adjacent to an activating group) is 1. The van der Waals surface area contributed by atoms with Gasteiger partial charge in [-0.2, -0.15) is 10.4 Å². The van der Waals surface area contributed by atoms with Crippen molar-refractivity contribution in [3.8, 4) is 6.07 Å². The minimum absolute atomic E-state index is 0.528. The first-order chi connectivity index (χ1) is 5.79. The number of hydrogen-bond acceptors (Lipinski definition) is 3. The summed E-state index contributed by atoms with van der Waals surface area (Å²) in [5.41, 5.74) is 1.67. The molecule has 0 unspecified atom stereocenters. The van der Waals surface area contributed by atoms with Crippen LogP contribution < -0.4 is 0 Å². The largest absolute Gasteiger partial charge is 0.299 e. The predicted molar refractivity (Wildman–Crippen MR) is 43.3 cm³/mol. The Morgan fingerprint density at radius 3 is 3.17 bits per heavy atom. The van der Waals surface area contributed by atoms with E-state index in [1.165, 1.54) is 0 Å². The van der Waals surface area contributed by atoms with Gasteiger partial charge in [0.05, 0.1) is 12.2 Å². The van der Waals surface area contributed by atoms with Crippen molar-refractivity contribution in [2.24, 2.45) is 0 Å². The molecule has 62 valence electrons. The molecular formula is C8H10N4. The van der Waals surface area contributed by atoms with E-state index in [1.807, 2.05) is 16.8 Å². The average Bonchev–Trinajstić information content (AvgIpc) is 2.46. The molecule has 0 spiro atoms. The highest BCUT2D eigenvalue weighted by atomic mass is 15.3. The van der Waals surface area contributed by atoms with Crippen molar-refractivity contribution in [2.75, 3.05) is 13.6 Å². The van der Waals surface area contributed by atoms with E-state index in [4.69, 9.17) is 5.26 Å². The third-order valence-corrected chi connectivity index (χ3v) is 2.10. The first-order valence-corrected chi connectivity index (χ1v) is 3.95. The molecular weight excluding hydrogens is 152 g/mol. The SMILES string of the molecule is CN1CCn2nc(C#N)cc2C1. The van der Waals surface area contributed by atoms with Crippen LogP contribution in [0.15, 0.2) is 6.07 Å². The molecule has 0 bridgehead atoms. The zero-order chi connectivity index (χ0) is 8.55. The normalized spacial score (nSPS) is 17.0. The topological polar surface area (TPSA) is 44.9 Å². The van der Waals surface area contributed by atoms with Gasteiger partial charge in [0.25, 0.3) is 0 Å². The van der Waals surface area contributed by atoms with Crippen LogP contribution in [0.25, 0.3) is 0 Å². The molecule has 0 aromatic carbocycles. The monoisotopic (exact) mass is 162 g/mol. The van der Waals surface area contributed by atoms with Gasteiger partial charge in [0.2, 0.25) is 0 Å². The summed E-state index contributed by atoms with van der Waals surface area (Å²) in [6.45, 7) is 2.81. The molecule has 12 heavy (non-hydrogen) atoms. The van der Waals surface area contributed by atoms with Gasteiger partial charge in [-0.1, -0.05) is 0 Å². The van der Waals surface area contributed by atoms with E-state index in [0.717, 1.165) is 25.3 Å². The summed E-state index contributed by atoms with van der Waals surface area (Å²) in [4.78, 5) is 2.22. The van der Waals surface area contributed by atoms with Crippen molar-refractivity contribution in [1.82, 2.24) is 14.7 Å². The maximum absolute atomic E-state index is 8.61. The van der Waals surface area contributed by atoms with Crippen molar-refractivity contribution >= 4 is 0 Å². The van der Waals surface area contributed by atoms with Crippen LogP contribution in [-0.2, 0) is 13.1 Å². The summed E-state index contributed by atoms with van der Waals surface area (Å²) < 4.78 is 1.92. The minimum Gasteiger partial charge on any atom is -0.299 e. The first kappa shape index (κ1) is 7.32. The minimum atomic E-state index is 0.528. The Morgan fingerprint density at radius 2 is 2.42 bits per heavy atom. The zero-order valence-electron chi connectivity index (χ0n) is 6.99. The van der Waals surface area contributed by atoms with E-state index in [-0.39, 0.29) is 0 Å². The van der Waals surface area contributed by atoms with Crippen molar-refractivity contribution < 1.29 is 0 Å². The summed E-state index contributed by atoms with van der Waals surface area (Å²) in [5, 5.41) is 12.7. The van der Waals surface area contributed by atoms with Gasteiger partial charge in [-0.05, 0) is 13.1 Å². The summed E-state index contributed by atoms with van der Waals surface area (Å²) in [7, 11) is 2.07. The smallest absolute Gasteiger partial charge is 0.162 e. The lowest BCUT2D eigenvalue weighted by Gasteiger charge is -2.22. The second-order valence-electron chi connectivity index (χ2n) is 3.09. The van der Waals surface area contributed by atoms with Crippen LogP contribution in [0.3, 0.4) is 0 Å². The van der Waals surface area contributed by atoms with Gasteiger partial charge in [0.1, 0.15) is 6.07 Å². The molecule has 0 radical (unpaired) electrons. The third kappa shape index (κ3) is 1.08. The van der Waals surface area contributed by atoms with E-state index in [0.29, 0.717) is 5.69 Å². The molecule has 1 aliphatic heterocycles. The lowest BCUT2D eigenvalue weighted by Crippen LogP contribution is -2.30. The number of nitriles is 1. The van der Waals surface area contributed by atoms with Crippen molar-refractivity contribution in [3.63, 3.8) is 0 Å². The van der Waals surface area contributed by atoms with Gasteiger partial charge >= 0.3 is 0 Å². The van der Waals surface area contributed by atoms with Crippen LogP contribution in [-0.4, -0.2) is 28.3 Å². The number of nitrogens with zero attached hydrogens (tertiary/aromatic N) is 4. The molecule has 0 amide bonds. The molecule has 1 aromatic rings. The van der Waals surface area contributed by atoms with Crippen molar-refractivity contribution in [2.45, 2.75) is 13.1 Å². The highest BCUT2D eigenvalue weighted by molar-refractivity contribution is 5.23. The van der Waals surface area contributed by atoms with Crippen LogP contribution in [0.4, 0.5) is 0 Å². The highest BCUT2D eigenvalue weighted by Crippen LogP contribution is 2.10. The predicted octanol–water partition coefficient (Wildman–Crippen LogP) is 0.200. The Labute approximate surface area is 71.0 Å². The van der Waals surface area contributed by atoms with E-state index in [1.54, 1.807) is 0 Å². The standard InChI is InChI=1S/C8H10N4/c1-11-2-3-12-8(6-11)4-7(5-9)10-12/h4H,2-3,6H2,1H3. The lowest BCUT2D eigenvalue weighted by molar-refractivity contribution is 0.259. The molecule has 0 fully saturated rings. The molecule has 4 nitrogen and oxygen atoms in total. The average molecular weight is 162 g/mol. The fraction of sp³-hybridized carbons (Fsp3) is 0.500. The molecule has 1 aromatic heterocycles. The molecule has 0 aliphatic carbocycles. The Bertz CT molecular complexity index is 333. The number of fused-ring (bicyclic) bond motifs is 1. The van der Waals surface area contributed by atoms with Crippen molar-refractivity contribution in [1.29, 1.82) is 5.26 Å². The molecule has 0 saturated heterocycles. The number of rotatable bonds is 0. The Kier molecular flexibility index (Phi) is 1.59. The molecule has 0 atom stereocenters. The molecule has 0 saturated carbocycles. The van der Waals surface area contributed by atoms with Crippen LogP contribution in [0.5, 0.6) is 0 Å². The Balaban J connectivity index is 2.36.